The van der Waals surface area contributed by atoms with Gasteiger partial charge >= 0.3 is 0 Å². The molecule has 1 saturated heterocycles. The van der Waals surface area contributed by atoms with Crippen molar-refractivity contribution in [2.45, 2.75) is 25.8 Å². The van der Waals surface area contributed by atoms with Crippen molar-refractivity contribution in [3.05, 3.63) is 0 Å². The van der Waals surface area contributed by atoms with Crippen LogP contribution in [0.1, 0.15) is 19.8 Å². The number of rotatable bonds is 3. The first-order valence-electron chi connectivity index (χ1n) is 4.44. The van der Waals surface area contributed by atoms with E-state index in [2.05, 4.69) is 10.7 Å². The Bertz CT molecular complexity index is 217. The number of nitrogens with one attached hydrogen (secondary N) is 2. The molecule has 0 aromatic rings. The van der Waals surface area contributed by atoms with Crippen LogP contribution in [-0.2, 0) is 9.59 Å². The summed E-state index contributed by atoms with van der Waals surface area (Å²) in [5, 5.41) is 4.29. The van der Waals surface area contributed by atoms with Gasteiger partial charge in [0, 0.05) is 20.0 Å². The van der Waals surface area contributed by atoms with Gasteiger partial charge in [-0.15, -0.1) is 0 Å². The molecule has 0 aromatic carbocycles. The van der Waals surface area contributed by atoms with Crippen molar-refractivity contribution in [1.29, 1.82) is 0 Å². The normalized spacial score (nSPS) is 21.8. The quantitative estimate of drug-likeness (QED) is 0.569. The topological polar surface area (TPSA) is 61.4 Å². The molecule has 0 unspecified atom stereocenters. The number of nitrogens with zero attached hydrogens (tertiary/aromatic N) is 1. The second-order valence-electron chi connectivity index (χ2n) is 3.15. The smallest absolute Gasteiger partial charge is 0.256 e. The van der Waals surface area contributed by atoms with E-state index in [0.717, 1.165) is 6.54 Å². The molecule has 0 bridgehead atoms. The molecule has 0 saturated carbocycles. The van der Waals surface area contributed by atoms with E-state index in [1.165, 1.54) is 0 Å². The average Bonchev–Trinajstić information content (AvgIpc) is 2.51. The Kier molecular flexibility index (Phi) is 3.25. The molecule has 74 valence electrons. The van der Waals surface area contributed by atoms with Gasteiger partial charge in [-0.05, 0) is 6.42 Å². The lowest BCUT2D eigenvalue weighted by atomic mass is 10.2. The van der Waals surface area contributed by atoms with E-state index < -0.39 is 0 Å². The second-order valence-corrected chi connectivity index (χ2v) is 3.15. The summed E-state index contributed by atoms with van der Waals surface area (Å²) in [4.78, 5) is 22.2. The summed E-state index contributed by atoms with van der Waals surface area (Å²) in [6.07, 6.45) is 1.05. The molecule has 1 fully saturated rings. The van der Waals surface area contributed by atoms with Crippen molar-refractivity contribution in [3.8, 4) is 0 Å². The molecule has 2 N–H and O–H groups in total. The number of amides is 2. The Balaban J connectivity index is 2.35. The predicted octanol–water partition coefficient (Wildman–Crippen LogP) is -0.752. The van der Waals surface area contributed by atoms with E-state index in [-0.39, 0.29) is 17.9 Å². The number of carbonyl (C=O) groups excluding carboxylic acids is 2. The summed E-state index contributed by atoms with van der Waals surface area (Å²) >= 11 is 0. The maximum absolute atomic E-state index is 11.4. The van der Waals surface area contributed by atoms with Gasteiger partial charge in [0.25, 0.3) is 5.91 Å². The minimum absolute atomic E-state index is 0.0423. The fourth-order valence-corrected chi connectivity index (χ4v) is 1.16. The highest BCUT2D eigenvalue weighted by molar-refractivity contribution is 5.90. The number of carbonyl (C=O) groups is 2. The van der Waals surface area contributed by atoms with Crippen molar-refractivity contribution in [2.75, 3.05) is 13.6 Å². The van der Waals surface area contributed by atoms with Crippen LogP contribution in [0.3, 0.4) is 0 Å². The third-order valence-corrected chi connectivity index (χ3v) is 2.09. The van der Waals surface area contributed by atoms with Crippen molar-refractivity contribution in [3.63, 3.8) is 0 Å². The van der Waals surface area contributed by atoms with Crippen LogP contribution in [-0.4, -0.2) is 36.5 Å². The molecule has 5 nitrogen and oxygen atoms in total. The minimum atomic E-state index is -0.346. The van der Waals surface area contributed by atoms with Gasteiger partial charge in [-0.2, -0.15) is 0 Å². The van der Waals surface area contributed by atoms with Crippen LogP contribution in [0, 0.1) is 0 Å². The lowest BCUT2D eigenvalue weighted by Crippen LogP contribution is -2.48. The fourth-order valence-electron chi connectivity index (χ4n) is 1.16. The molecule has 2 amide bonds. The van der Waals surface area contributed by atoms with Gasteiger partial charge in [-0.3, -0.25) is 15.0 Å². The average molecular weight is 185 g/mol. The Morgan fingerprint density at radius 3 is 2.92 bits per heavy atom. The van der Waals surface area contributed by atoms with Crippen molar-refractivity contribution < 1.29 is 9.59 Å². The van der Waals surface area contributed by atoms with Crippen molar-refractivity contribution in [1.82, 2.24) is 15.8 Å². The lowest BCUT2D eigenvalue weighted by molar-refractivity contribution is -0.129. The highest BCUT2D eigenvalue weighted by Crippen LogP contribution is 2.05. The van der Waals surface area contributed by atoms with E-state index >= 15 is 0 Å². The summed E-state index contributed by atoms with van der Waals surface area (Å²) in [7, 11) is 1.79. The molecule has 1 aliphatic rings. The van der Waals surface area contributed by atoms with Crippen LogP contribution in [0.15, 0.2) is 0 Å². The zero-order valence-electron chi connectivity index (χ0n) is 7.96. The molecule has 1 rings (SSSR count). The summed E-state index contributed by atoms with van der Waals surface area (Å²) < 4.78 is 0. The van der Waals surface area contributed by atoms with Crippen LogP contribution < -0.4 is 10.7 Å². The highest BCUT2D eigenvalue weighted by Gasteiger charge is 2.27. The zero-order valence-corrected chi connectivity index (χ0v) is 7.96. The predicted molar refractivity (Wildman–Crippen MR) is 47.6 cm³/mol. The molecule has 1 heterocycles. The lowest BCUT2D eigenvalue weighted by Gasteiger charge is -2.18. The van der Waals surface area contributed by atoms with Gasteiger partial charge in [0.2, 0.25) is 5.91 Å². The Morgan fingerprint density at radius 2 is 2.46 bits per heavy atom. The third-order valence-electron chi connectivity index (χ3n) is 2.09. The van der Waals surface area contributed by atoms with Gasteiger partial charge in [-0.25, -0.2) is 5.01 Å². The zero-order chi connectivity index (χ0) is 9.84. The molecule has 0 radical (unpaired) electrons. The van der Waals surface area contributed by atoms with Crippen LogP contribution >= 0.6 is 0 Å². The fraction of sp³-hybridized carbons (Fsp3) is 0.750. The molecule has 13 heavy (non-hydrogen) atoms. The molecule has 0 aliphatic carbocycles. The van der Waals surface area contributed by atoms with Crippen LogP contribution in [0.2, 0.25) is 0 Å². The van der Waals surface area contributed by atoms with E-state index in [0.29, 0.717) is 12.8 Å². The van der Waals surface area contributed by atoms with Crippen LogP contribution in [0.5, 0.6) is 0 Å². The molecule has 0 aromatic heterocycles. The molecular formula is C8H15N3O2. The molecule has 5 heteroatoms. The Morgan fingerprint density at radius 1 is 1.77 bits per heavy atom. The van der Waals surface area contributed by atoms with E-state index in [9.17, 15) is 9.59 Å². The molecule has 0 spiro atoms. The van der Waals surface area contributed by atoms with E-state index in [1.54, 1.807) is 12.1 Å². The summed E-state index contributed by atoms with van der Waals surface area (Å²) in [5.74, 6) is -0.172. The monoisotopic (exact) mass is 185 g/mol. The van der Waals surface area contributed by atoms with Crippen LogP contribution in [0.4, 0.5) is 0 Å². The maximum atomic E-state index is 11.4. The number of hydrogen-bond donors (Lipinski definition) is 2. The summed E-state index contributed by atoms with van der Waals surface area (Å²) in [5.41, 5.74) is 2.67. The third kappa shape index (κ3) is 2.69. The molecular weight excluding hydrogens is 170 g/mol. The standard InChI is InChI=1S/C8H15N3O2/c1-3-11(2)10-8(13)6-4-5-7(12)9-6/h6H,3-5H2,1-2H3,(H,9,12)(H,10,13)/t6-/m1/s1. The Labute approximate surface area is 77.4 Å². The molecule has 1 atom stereocenters. The SMILES string of the molecule is CCN(C)NC(=O)[C@H]1CCC(=O)N1. The van der Waals surface area contributed by atoms with Gasteiger partial charge < -0.3 is 5.32 Å². The highest BCUT2D eigenvalue weighted by atomic mass is 16.2. The van der Waals surface area contributed by atoms with Gasteiger partial charge in [0.15, 0.2) is 0 Å². The van der Waals surface area contributed by atoms with Gasteiger partial charge in [0.1, 0.15) is 6.04 Å². The first kappa shape index (κ1) is 9.98. The minimum Gasteiger partial charge on any atom is -0.344 e. The first-order chi connectivity index (χ1) is 6.13. The van der Waals surface area contributed by atoms with E-state index in [1.807, 2.05) is 6.92 Å². The second kappa shape index (κ2) is 4.23. The van der Waals surface area contributed by atoms with Crippen molar-refractivity contribution >= 4 is 11.8 Å². The summed E-state index contributed by atoms with van der Waals surface area (Å²) in [6.45, 7) is 2.68. The van der Waals surface area contributed by atoms with Crippen molar-refractivity contribution in [2.24, 2.45) is 0 Å². The largest absolute Gasteiger partial charge is 0.344 e. The first-order valence-corrected chi connectivity index (χ1v) is 4.44. The number of hydrogen-bond acceptors (Lipinski definition) is 3. The maximum Gasteiger partial charge on any atom is 0.256 e. The summed E-state index contributed by atoms with van der Waals surface area (Å²) in [6, 6.07) is -0.346. The number of hydrazine groups is 1. The van der Waals surface area contributed by atoms with Gasteiger partial charge in [-0.1, -0.05) is 6.92 Å². The molecule has 1 aliphatic heterocycles. The van der Waals surface area contributed by atoms with Crippen LogP contribution in [0.25, 0.3) is 0 Å². The van der Waals surface area contributed by atoms with Gasteiger partial charge in [0.05, 0.1) is 0 Å². The van der Waals surface area contributed by atoms with E-state index in [4.69, 9.17) is 0 Å². The Hall–Kier alpha value is -1.10.